The first-order valence-electron chi connectivity index (χ1n) is 10.2. The third-order valence-corrected chi connectivity index (χ3v) is 8.46. The van der Waals surface area contributed by atoms with Gasteiger partial charge in [0, 0.05) is 4.47 Å². The van der Waals surface area contributed by atoms with Crippen LogP contribution in [0.4, 0.5) is 18.9 Å². The molecule has 1 saturated carbocycles. The average Bonchev–Trinajstić information content (AvgIpc) is 2.71. The van der Waals surface area contributed by atoms with Gasteiger partial charge in [-0.05, 0) is 68.5 Å². The smallest absolute Gasteiger partial charge is 0.416 e. The van der Waals surface area contributed by atoms with Gasteiger partial charge < -0.3 is 9.84 Å². The molecule has 0 bridgehead atoms. The molecule has 1 atom stereocenters. The molecule has 178 valence electrons. The quantitative estimate of drug-likeness (QED) is 0.548. The Morgan fingerprint density at radius 3 is 2.58 bits per heavy atom. The van der Waals surface area contributed by atoms with Crippen LogP contribution >= 0.6 is 15.9 Å². The van der Waals surface area contributed by atoms with E-state index in [1.165, 1.54) is 0 Å². The Kier molecular flexibility index (Phi) is 5.93. The SMILES string of the molecule is CC1(C(=O)O)CC(CC2CN(S(=O)(=O)c3cccc(C(F)(F)F)c3)c3cc(Br)ccc3O2)C1. The maximum absolute atomic E-state index is 13.5. The molecule has 0 aromatic heterocycles. The van der Waals surface area contributed by atoms with E-state index in [1.54, 1.807) is 25.1 Å². The molecule has 6 nitrogen and oxygen atoms in total. The number of ether oxygens (including phenoxy) is 1. The van der Waals surface area contributed by atoms with Crippen molar-refractivity contribution in [2.24, 2.45) is 11.3 Å². The van der Waals surface area contributed by atoms with Crippen LogP contribution in [-0.2, 0) is 21.0 Å². The van der Waals surface area contributed by atoms with Crippen molar-refractivity contribution in [3.8, 4) is 5.75 Å². The average molecular weight is 548 g/mol. The van der Waals surface area contributed by atoms with Crippen molar-refractivity contribution in [2.75, 3.05) is 10.8 Å². The summed E-state index contributed by atoms with van der Waals surface area (Å²) in [5, 5.41) is 9.32. The van der Waals surface area contributed by atoms with E-state index < -0.39 is 44.1 Å². The monoisotopic (exact) mass is 547 g/mol. The number of aliphatic carboxylic acids is 1. The van der Waals surface area contributed by atoms with Crippen molar-refractivity contribution < 1.29 is 36.2 Å². The van der Waals surface area contributed by atoms with Crippen LogP contribution in [0.3, 0.4) is 0 Å². The van der Waals surface area contributed by atoms with E-state index in [9.17, 15) is 31.5 Å². The highest BCUT2D eigenvalue weighted by Gasteiger charge is 2.48. The first kappa shape index (κ1) is 23.9. The second kappa shape index (κ2) is 8.19. The van der Waals surface area contributed by atoms with Crippen LogP contribution < -0.4 is 9.04 Å². The number of benzene rings is 2. The van der Waals surface area contributed by atoms with Gasteiger partial charge in [-0.1, -0.05) is 22.0 Å². The number of nitrogens with zero attached hydrogens (tertiary/aromatic N) is 1. The van der Waals surface area contributed by atoms with Crippen molar-refractivity contribution in [1.82, 2.24) is 0 Å². The Balaban J connectivity index is 1.65. The lowest BCUT2D eigenvalue weighted by Crippen LogP contribution is -2.47. The standard InChI is InChI=1S/C22H21BrF3NO5S/c1-21(20(28)29)10-13(11-21)7-16-12-27(18-9-15(23)5-6-19(18)32-16)33(30,31)17-4-2-3-14(8-17)22(24,25)26/h2-6,8-9,13,16H,7,10-12H2,1H3,(H,28,29). The summed E-state index contributed by atoms with van der Waals surface area (Å²) >= 11 is 3.30. The van der Waals surface area contributed by atoms with Gasteiger partial charge >= 0.3 is 12.1 Å². The van der Waals surface area contributed by atoms with Gasteiger partial charge in [0.2, 0.25) is 0 Å². The molecule has 1 fully saturated rings. The lowest BCUT2D eigenvalue weighted by Gasteiger charge is -2.44. The maximum atomic E-state index is 13.5. The molecule has 1 unspecified atom stereocenters. The number of halogens is 4. The Labute approximate surface area is 197 Å². The summed E-state index contributed by atoms with van der Waals surface area (Å²) in [6.45, 7) is 1.58. The lowest BCUT2D eigenvalue weighted by atomic mass is 9.61. The number of fused-ring (bicyclic) bond motifs is 1. The summed E-state index contributed by atoms with van der Waals surface area (Å²) in [5.41, 5.74) is -1.63. The van der Waals surface area contributed by atoms with Crippen molar-refractivity contribution in [3.05, 3.63) is 52.5 Å². The molecule has 0 saturated heterocycles. The first-order chi connectivity index (χ1) is 15.3. The van der Waals surface area contributed by atoms with Crippen LogP contribution in [0.1, 0.15) is 31.7 Å². The third-order valence-electron chi connectivity index (χ3n) is 6.19. The van der Waals surface area contributed by atoms with Crippen molar-refractivity contribution >= 4 is 37.6 Å². The van der Waals surface area contributed by atoms with Gasteiger partial charge in [0.05, 0.1) is 28.1 Å². The van der Waals surface area contributed by atoms with Crippen LogP contribution in [0.2, 0.25) is 0 Å². The first-order valence-corrected chi connectivity index (χ1v) is 12.4. The van der Waals surface area contributed by atoms with Gasteiger partial charge in [-0.2, -0.15) is 13.2 Å². The third kappa shape index (κ3) is 4.57. The number of carboxylic acid groups (broad SMARTS) is 1. The molecule has 2 aromatic rings. The van der Waals surface area contributed by atoms with Gasteiger partial charge in [0.1, 0.15) is 11.9 Å². The molecule has 4 rings (SSSR count). The minimum absolute atomic E-state index is 0.0474. The second-order valence-corrected chi connectivity index (χ2v) is 11.6. The van der Waals surface area contributed by atoms with E-state index >= 15 is 0 Å². The summed E-state index contributed by atoms with van der Waals surface area (Å²) in [6, 6.07) is 8.47. The van der Waals surface area contributed by atoms with Gasteiger partial charge in [0.25, 0.3) is 10.0 Å². The number of hydrogen-bond donors (Lipinski definition) is 1. The predicted molar refractivity (Wildman–Crippen MR) is 118 cm³/mol. The lowest BCUT2D eigenvalue weighted by molar-refractivity contribution is -0.157. The number of carboxylic acids is 1. The van der Waals surface area contributed by atoms with Gasteiger partial charge in [-0.15, -0.1) is 0 Å². The highest BCUT2D eigenvalue weighted by Crippen LogP contribution is 2.49. The van der Waals surface area contributed by atoms with Crippen molar-refractivity contribution in [1.29, 1.82) is 0 Å². The van der Waals surface area contributed by atoms with Crippen LogP contribution in [0.25, 0.3) is 0 Å². The normalized spacial score (nSPS) is 25.1. The molecule has 1 aliphatic heterocycles. The summed E-state index contributed by atoms with van der Waals surface area (Å²) in [5.74, 6) is -0.524. The van der Waals surface area contributed by atoms with Crippen LogP contribution in [-0.4, -0.2) is 32.1 Å². The van der Waals surface area contributed by atoms with Crippen molar-refractivity contribution in [3.63, 3.8) is 0 Å². The van der Waals surface area contributed by atoms with Gasteiger partial charge in [0.15, 0.2) is 0 Å². The Hall–Kier alpha value is -2.27. The van der Waals surface area contributed by atoms with Crippen LogP contribution in [0.5, 0.6) is 5.75 Å². The molecule has 33 heavy (non-hydrogen) atoms. The zero-order valence-electron chi connectivity index (χ0n) is 17.5. The van der Waals surface area contributed by atoms with E-state index in [0.717, 1.165) is 22.5 Å². The van der Waals surface area contributed by atoms with E-state index in [-0.39, 0.29) is 18.2 Å². The minimum atomic E-state index is -4.68. The molecule has 2 aliphatic rings. The van der Waals surface area contributed by atoms with E-state index in [2.05, 4.69) is 15.9 Å². The van der Waals surface area contributed by atoms with Gasteiger partial charge in [-0.3, -0.25) is 9.10 Å². The molecule has 1 aliphatic carbocycles. The second-order valence-electron chi connectivity index (χ2n) is 8.79. The number of alkyl halides is 3. The highest BCUT2D eigenvalue weighted by atomic mass is 79.9. The minimum Gasteiger partial charge on any atom is -0.486 e. The van der Waals surface area contributed by atoms with E-state index in [0.29, 0.717) is 35.6 Å². The summed E-state index contributed by atoms with van der Waals surface area (Å²) in [4.78, 5) is 10.9. The number of rotatable bonds is 5. The Morgan fingerprint density at radius 1 is 1.24 bits per heavy atom. The summed E-state index contributed by atoms with van der Waals surface area (Å²) in [6.07, 6.45) is -3.90. The van der Waals surface area contributed by atoms with Gasteiger partial charge in [-0.25, -0.2) is 8.42 Å². The molecular formula is C22H21BrF3NO5S. The zero-order chi connectivity index (χ0) is 24.2. The van der Waals surface area contributed by atoms with Crippen LogP contribution in [0, 0.1) is 11.3 Å². The molecule has 1 N–H and O–H groups in total. The summed E-state index contributed by atoms with van der Waals surface area (Å²) < 4.78 is 74.1. The molecular weight excluding hydrogens is 527 g/mol. The van der Waals surface area contributed by atoms with Crippen molar-refractivity contribution in [2.45, 2.75) is 43.4 Å². The Bertz CT molecular complexity index is 1190. The number of anilines is 1. The zero-order valence-corrected chi connectivity index (χ0v) is 19.9. The molecule has 11 heteroatoms. The number of carbonyl (C=O) groups is 1. The molecule has 2 aromatic carbocycles. The van der Waals surface area contributed by atoms with Crippen LogP contribution in [0.15, 0.2) is 51.8 Å². The Morgan fingerprint density at radius 2 is 1.94 bits per heavy atom. The molecule has 0 amide bonds. The number of hydrogen-bond acceptors (Lipinski definition) is 4. The topological polar surface area (TPSA) is 83.9 Å². The molecule has 0 radical (unpaired) electrons. The largest absolute Gasteiger partial charge is 0.486 e. The highest BCUT2D eigenvalue weighted by molar-refractivity contribution is 9.10. The summed E-state index contributed by atoms with van der Waals surface area (Å²) in [7, 11) is -4.33. The fourth-order valence-electron chi connectivity index (χ4n) is 4.52. The molecule has 0 spiro atoms. The number of sulfonamides is 1. The fraction of sp³-hybridized carbons (Fsp3) is 0.409. The maximum Gasteiger partial charge on any atom is 0.416 e. The van der Waals surface area contributed by atoms with E-state index in [1.807, 2.05) is 0 Å². The fourth-order valence-corrected chi connectivity index (χ4v) is 6.42. The molecule has 1 heterocycles. The predicted octanol–water partition coefficient (Wildman–Crippen LogP) is 5.32. The van der Waals surface area contributed by atoms with E-state index in [4.69, 9.17) is 4.74 Å².